The largest absolute Gasteiger partial charge is 0.274 e. The van der Waals surface area contributed by atoms with Crippen molar-refractivity contribution in [2.24, 2.45) is 5.92 Å². The van der Waals surface area contributed by atoms with E-state index in [0.29, 0.717) is 11.6 Å². The van der Waals surface area contributed by atoms with Crippen LogP contribution in [0.2, 0.25) is 0 Å². The number of para-hydroxylation sites is 1. The van der Waals surface area contributed by atoms with E-state index in [4.69, 9.17) is 0 Å². The predicted molar refractivity (Wildman–Crippen MR) is 95.1 cm³/mol. The van der Waals surface area contributed by atoms with Crippen molar-refractivity contribution >= 4 is 38.5 Å². The van der Waals surface area contributed by atoms with E-state index in [-0.39, 0.29) is 24.2 Å². The monoisotopic (exact) mass is 336 g/mol. The fourth-order valence-electron chi connectivity index (χ4n) is 3.13. The van der Waals surface area contributed by atoms with Gasteiger partial charge in [-0.25, -0.2) is 9.88 Å². The molecule has 0 saturated carbocycles. The first-order chi connectivity index (χ1) is 11.6. The normalized spacial score (nSPS) is 17.9. The standard InChI is InChI=1S/C19H16N2O2S/c1-12-5-4-6-13(9-12)10-14-11-17(22)21(18(14)23)19-20-15-7-2-3-8-16(15)24-19/h2-9,14H,10-11H2,1H3/t14-/m1/s1. The van der Waals surface area contributed by atoms with E-state index in [1.165, 1.54) is 16.2 Å². The van der Waals surface area contributed by atoms with Gasteiger partial charge in [0.2, 0.25) is 11.8 Å². The molecule has 24 heavy (non-hydrogen) atoms. The topological polar surface area (TPSA) is 50.3 Å². The van der Waals surface area contributed by atoms with Gasteiger partial charge in [-0.2, -0.15) is 0 Å². The highest BCUT2D eigenvalue weighted by Gasteiger charge is 2.40. The Hall–Kier alpha value is -2.53. The Kier molecular flexibility index (Phi) is 3.65. The van der Waals surface area contributed by atoms with Gasteiger partial charge in [0.1, 0.15) is 0 Å². The van der Waals surface area contributed by atoms with E-state index in [9.17, 15) is 9.59 Å². The van der Waals surface area contributed by atoms with Crippen LogP contribution in [0.4, 0.5) is 5.13 Å². The molecule has 1 aromatic heterocycles. The van der Waals surface area contributed by atoms with Crippen molar-refractivity contribution in [3.8, 4) is 0 Å². The number of nitrogens with zero attached hydrogens (tertiary/aromatic N) is 2. The van der Waals surface area contributed by atoms with Crippen molar-refractivity contribution in [2.45, 2.75) is 19.8 Å². The van der Waals surface area contributed by atoms with Crippen LogP contribution in [-0.4, -0.2) is 16.8 Å². The lowest BCUT2D eigenvalue weighted by Gasteiger charge is -2.11. The second kappa shape index (κ2) is 5.83. The maximum atomic E-state index is 12.8. The minimum absolute atomic E-state index is 0.138. The van der Waals surface area contributed by atoms with E-state index in [2.05, 4.69) is 11.1 Å². The van der Waals surface area contributed by atoms with Gasteiger partial charge in [0.15, 0.2) is 5.13 Å². The molecule has 0 spiro atoms. The van der Waals surface area contributed by atoms with Gasteiger partial charge in [0.25, 0.3) is 0 Å². The Balaban J connectivity index is 1.61. The number of anilines is 1. The average molecular weight is 336 g/mol. The van der Waals surface area contributed by atoms with E-state index in [1.54, 1.807) is 0 Å². The van der Waals surface area contributed by atoms with Gasteiger partial charge in [0, 0.05) is 6.42 Å². The number of amides is 2. The van der Waals surface area contributed by atoms with Crippen LogP contribution in [0.1, 0.15) is 17.5 Å². The molecule has 0 N–H and O–H groups in total. The van der Waals surface area contributed by atoms with Crippen LogP contribution >= 0.6 is 11.3 Å². The molecule has 0 unspecified atom stereocenters. The second-order valence-electron chi connectivity index (χ2n) is 6.13. The van der Waals surface area contributed by atoms with Gasteiger partial charge in [-0.1, -0.05) is 53.3 Å². The predicted octanol–water partition coefficient (Wildman–Crippen LogP) is 3.73. The Morgan fingerprint density at radius 2 is 2.00 bits per heavy atom. The van der Waals surface area contributed by atoms with Gasteiger partial charge in [-0.3, -0.25) is 9.59 Å². The molecule has 2 aromatic carbocycles. The van der Waals surface area contributed by atoms with Crippen molar-refractivity contribution in [1.82, 2.24) is 4.98 Å². The smallest absolute Gasteiger partial charge is 0.239 e. The quantitative estimate of drug-likeness (QED) is 0.685. The SMILES string of the molecule is Cc1cccc(C[C@@H]2CC(=O)N(c3nc4ccccc4s3)C2=O)c1. The summed E-state index contributed by atoms with van der Waals surface area (Å²) in [4.78, 5) is 30.9. The summed E-state index contributed by atoms with van der Waals surface area (Å²) < 4.78 is 0.982. The summed E-state index contributed by atoms with van der Waals surface area (Å²) in [5, 5.41) is 0.484. The zero-order chi connectivity index (χ0) is 16.7. The van der Waals surface area contributed by atoms with E-state index in [1.807, 2.05) is 49.4 Å². The molecule has 1 atom stereocenters. The fraction of sp³-hybridized carbons (Fsp3) is 0.211. The lowest BCUT2D eigenvalue weighted by atomic mass is 9.97. The molecule has 120 valence electrons. The third kappa shape index (κ3) is 2.61. The molecule has 0 aliphatic carbocycles. The number of hydrogen-bond acceptors (Lipinski definition) is 4. The summed E-state index contributed by atoms with van der Waals surface area (Å²) in [6.45, 7) is 2.03. The van der Waals surface area contributed by atoms with Crippen molar-refractivity contribution < 1.29 is 9.59 Å². The van der Waals surface area contributed by atoms with E-state index >= 15 is 0 Å². The molecule has 1 aliphatic rings. The van der Waals surface area contributed by atoms with Gasteiger partial charge in [0.05, 0.1) is 16.1 Å². The van der Waals surface area contributed by atoms with Crippen molar-refractivity contribution in [3.63, 3.8) is 0 Å². The molecule has 2 amide bonds. The van der Waals surface area contributed by atoms with Crippen LogP contribution in [0.25, 0.3) is 10.2 Å². The highest BCUT2D eigenvalue weighted by Crippen LogP contribution is 2.34. The first-order valence-electron chi connectivity index (χ1n) is 7.90. The summed E-state index contributed by atoms with van der Waals surface area (Å²) in [5.74, 6) is -0.594. The van der Waals surface area contributed by atoms with Crippen LogP contribution in [0.15, 0.2) is 48.5 Å². The van der Waals surface area contributed by atoms with Crippen LogP contribution in [-0.2, 0) is 16.0 Å². The molecule has 5 heteroatoms. The summed E-state index contributed by atoms with van der Waals surface area (Å²) in [6.07, 6.45) is 0.844. The zero-order valence-electron chi connectivity index (χ0n) is 13.2. The van der Waals surface area contributed by atoms with Gasteiger partial charge >= 0.3 is 0 Å². The second-order valence-corrected chi connectivity index (χ2v) is 7.13. The summed E-state index contributed by atoms with van der Waals surface area (Å²) in [5.41, 5.74) is 3.07. The first-order valence-corrected chi connectivity index (χ1v) is 8.71. The maximum Gasteiger partial charge on any atom is 0.239 e. The maximum absolute atomic E-state index is 12.8. The third-order valence-electron chi connectivity index (χ3n) is 4.28. The number of aromatic nitrogens is 1. The Bertz CT molecular complexity index is 914. The number of rotatable bonds is 3. The minimum atomic E-state index is -0.300. The van der Waals surface area contributed by atoms with Crippen molar-refractivity contribution in [3.05, 3.63) is 59.7 Å². The van der Waals surface area contributed by atoms with Crippen LogP contribution in [0.3, 0.4) is 0 Å². The van der Waals surface area contributed by atoms with Gasteiger partial charge in [-0.15, -0.1) is 0 Å². The molecular formula is C19H16N2O2S. The number of benzene rings is 2. The minimum Gasteiger partial charge on any atom is -0.274 e. The molecule has 0 bridgehead atoms. The number of carbonyl (C=O) groups is 2. The summed E-state index contributed by atoms with van der Waals surface area (Å²) in [6, 6.07) is 15.8. The van der Waals surface area contributed by atoms with Crippen molar-refractivity contribution in [2.75, 3.05) is 4.90 Å². The summed E-state index contributed by atoms with van der Waals surface area (Å²) in [7, 11) is 0. The average Bonchev–Trinajstić information content (AvgIpc) is 3.08. The van der Waals surface area contributed by atoms with Gasteiger partial charge in [-0.05, 0) is 31.0 Å². The van der Waals surface area contributed by atoms with Gasteiger partial charge < -0.3 is 0 Å². The molecule has 1 fully saturated rings. The fourth-order valence-corrected chi connectivity index (χ4v) is 4.12. The Morgan fingerprint density at radius 1 is 1.17 bits per heavy atom. The number of thiazole rings is 1. The lowest BCUT2D eigenvalue weighted by Crippen LogP contribution is -2.30. The Labute approximate surface area is 143 Å². The molecule has 1 saturated heterocycles. The van der Waals surface area contributed by atoms with E-state index in [0.717, 1.165) is 21.3 Å². The number of aryl methyl sites for hydroxylation is 1. The highest BCUT2D eigenvalue weighted by molar-refractivity contribution is 7.22. The lowest BCUT2D eigenvalue weighted by molar-refractivity contribution is -0.122. The number of fused-ring (bicyclic) bond motifs is 1. The molecule has 4 nitrogen and oxygen atoms in total. The van der Waals surface area contributed by atoms with E-state index < -0.39 is 0 Å². The molecule has 4 rings (SSSR count). The highest BCUT2D eigenvalue weighted by atomic mass is 32.1. The van der Waals surface area contributed by atoms with Crippen molar-refractivity contribution in [1.29, 1.82) is 0 Å². The number of hydrogen-bond donors (Lipinski definition) is 0. The molecule has 2 heterocycles. The summed E-state index contributed by atoms with van der Waals surface area (Å²) >= 11 is 1.39. The third-order valence-corrected chi connectivity index (χ3v) is 5.30. The molecule has 3 aromatic rings. The first kappa shape index (κ1) is 15.0. The van der Waals surface area contributed by atoms with Crippen LogP contribution in [0.5, 0.6) is 0 Å². The molecule has 0 radical (unpaired) electrons. The van der Waals surface area contributed by atoms with Crippen LogP contribution < -0.4 is 4.90 Å². The molecule has 1 aliphatic heterocycles. The van der Waals surface area contributed by atoms with Crippen LogP contribution in [0, 0.1) is 12.8 Å². The molecular weight excluding hydrogens is 320 g/mol. The number of imide groups is 1. The zero-order valence-corrected chi connectivity index (χ0v) is 14.0. The Morgan fingerprint density at radius 3 is 2.79 bits per heavy atom. The number of carbonyl (C=O) groups excluding carboxylic acids is 2.